The van der Waals surface area contributed by atoms with E-state index in [0.717, 1.165) is 12.8 Å². The fourth-order valence-corrected chi connectivity index (χ4v) is 2.19. The van der Waals surface area contributed by atoms with Gasteiger partial charge in [0.25, 0.3) is 0 Å². The summed E-state index contributed by atoms with van der Waals surface area (Å²) in [6.45, 7) is 6.07. The highest BCUT2D eigenvalue weighted by Crippen LogP contribution is 2.39. The lowest BCUT2D eigenvalue weighted by Crippen LogP contribution is -2.22. The van der Waals surface area contributed by atoms with Crippen molar-refractivity contribution in [2.75, 3.05) is 18.2 Å². The quantitative estimate of drug-likeness (QED) is 0.508. The molecular weight excluding hydrogens is 262 g/mol. The number of nitrogens with zero attached hydrogens (tertiary/aromatic N) is 2. The van der Waals surface area contributed by atoms with E-state index >= 15 is 0 Å². The molecule has 0 atom stereocenters. The van der Waals surface area contributed by atoms with E-state index in [4.69, 9.17) is 4.74 Å². The van der Waals surface area contributed by atoms with Gasteiger partial charge in [0.1, 0.15) is 11.4 Å². The summed E-state index contributed by atoms with van der Waals surface area (Å²) in [7, 11) is 0. The van der Waals surface area contributed by atoms with Gasteiger partial charge >= 0.3 is 5.97 Å². The molecule has 1 saturated carbocycles. The molecule has 1 heterocycles. The number of anilines is 1. The molecule has 2 rings (SSSR count). The molecule has 0 spiro atoms. The molecular formula is C13H19N3O2S. The Morgan fingerprint density at radius 1 is 1.47 bits per heavy atom. The van der Waals surface area contributed by atoms with Crippen LogP contribution < -0.4 is 5.32 Å². The minimum atomic E-state index is -0.362. The summed E-state index contributed by atoms with van der Waals surface area (Å²) in [5, 5.41) is 4.01. The third-order valence-electron chi connectivity index (χ3n) is 3.15. The first-order valence-corrected chi connectivity index (χ1v) is 7.59. The van der Waals surface area contributed by atoms with Crippen molar-refractivity contribution in [2.45, 2.75) is 44.3 Å². The average molecular weight is 281 g/mol. The molecule has 5 nitrogen and oxygen atoms in total. The molecule has 104 valence electrons. The highest BCUT2D eigenvalue weighted by molar-refractivity contribution is 7.98. The first-order valence-electron chi connectivity index (χ1n) is 6.37. The molecule has 0 aliphatic heterocycles. The smallest absolute Gasteiger partial charge is 0.343 e. The maximum Gasteiger partial charge on any atom is 0.343 e. The first kappa shape index (κ1) is 14.1. The molecule has 0 saturated heterocycles. The second kappa shape index (κ2) is 5.36. The number of hydrogen-bond acceptors (Lipinski definition) is 6. The van der Waals surface area contributed by atoms with E-state index < -0.39 is 0 Å². The summed E-state index contributed by atoms with van der Waals surface area (Å²) in [5.74, 6) is 0.231. The van der Waals surface area contributed by atoms with Crippen LogP contribution in [-0.4, -0.2) is 34.3 Å². The number of hydrogen-bond donors (Lipinski definition) is 1. The van der Waals surface area contributed by atoms with Crippen molar-refractivity contribution in [2.24, 2.45) is 0 Å². The van der Waals surface area contributed by atoms with Crippen molar-refractivity contribution in [1.29, 1.82) is 0 Å². The predicted molar refractivity (Wildman–Crippen MR) is 75.8 cm³/mol. The Kier molecular flexibility index (Phi) is 3.99. The van der Waals surface area contributed by atoms with Crippen LogP contribution in [0.4, 0.5) is 5.82 Å². The molecule has 0 unspecified atom stereocenters. The Hall–Kier alpha value is -1.30. The fourth-order valence-electron chi connectivity index (χ4n) is 1.77. The number of nitrogens with one attached hydrogen (secondary N) is 1. The second-order valence-electron chi connectivity index (χ2n) is 4.93. The average Bonchev–Trinajstić information content (AvgIpc) is 3.06. The zero-order valence-electron chi connectivity index (χ0n) is 11.7. The van der Waals surface area contributed by atoms with E-state index in [1.165, 1.54) is 11.8 Å². The van der Waals surface area contributed by atoms with Gasteiger partial charge in [-0.1, -0.05) is 11.8 Å². The molecule has 0 aromatic carbocycles. The molecule has 19 heavy (non-hydrogen) atoms. The van der Waals surface area contributed by atoms with Gasteiger partial charge in [0, 0.05) is 5.54 Å². The Balaban J connectivity index is 2.40. The topological polar surface area (TPSA) is 64.1 Å². The maximum absolute atomic E-state index is 12.0. The Bertz CT molecular complexity index is 501. The lowest BCUT2D eigenvalue weighted by Gasteiger charge is -2.17. The zero-order valence-corrected chi connectivity index (χ0v) is 12.6. The molecule has 0 bridgehead atoms. The number of aryl methyl sites for hydroxylation is 1. The van der Waals surface area contributed by atoms with Gasteiger partial charge in [-0.25, -0.2) is 14.8 Å². The SMILES string of the molecule is CCOC(=O)c1c(C)nc(SC)nc1NC1(C)CC1. The van der Waals surface area contributed by atoms with E-state index in [0.29, 0.717) is 28.8 Å². The summed E-state index contributed by atoms with van der Waals surface area (Å²) < 4.78 is 5.09. The number of carbonyl (C=O) groups excluding carboxylic acids is 1. The lowest BCUT2D eigenvalue weighted by molar-refractivity contribution is 0.0525. The van der Waals surface area contributed by atoms with Crippen LogP contribution in [0.5, 0.6) is 0 Å². The summed E-state index contributed by atoms with van der Waals surface area (Å²) in [5.41, 5.74) is 1.16. The molecule has 1 aromatic rings. The van der Waals surface area contributed by atoms with Crippen LogP contribution in [0.2, 0.25) is 0 Å². The lowest BCUT2D eigenvalue weighted by atomic mass is 10.2. The summed E-state index contributed by atoms with van der Waals surface area (Å²) in [6, 6.07) is 0. The van der Waals surface area contributed by atoms with Crippen molar-refractivity contribution in [3.05, 3.63) is 11.3 Å². The monoisotopic (exact) mass is 281 g/mol. The number of carbonyl (C=O) groups is 1. The number of rotatable bonds is 5. The number of esters is 1. The van der Waals surface area contributed by atoms with Crippen LogP contribution in [0.15, 0.2) is 5.16 Å². The van der Waals surface area contributed by atoms with Gasteiger partial charge in [-0.15, -0.1) is 0 Å². The maximum atomic E-state index is 12.0. The van der Waals surface area contributed by atoms with Crippen LogP contribution in [0, 0.1) is 6.92 Å². The molecule has 0 radical (unpaired) electrons. The van der Waals surface area contributed by atoms with E-state index in [9.17, 15) is 4.79 Å². The molecule has 1 fully saturated rings. The van der Waals surface area contributed by atoms with Crippen LogP contribution >= 0.6 is 11.8 Å². The minimum absolute atomic E-state index is 0.0533. The van der Waals surface area contributed by atoms with Crippen molar-refractivity contribution < 1.29 is 9.53 Å². The van der Waals surface area contributed by atoms with E-state index in [1.54, 1.807) is 6.92 Å². The third-order valence-corrected chi connectivity index (χ3v) is 3.70. The van der Waals surface area contributed by atoms with Gasteiger partial charge in [0.05, 0.1) is 12.3 Å². The van der Waals surface area contributed by atoms with E-state index in [-0.39, 0.29) is 11.5 Å². The predicted octanol–water partition coefficient (Wildman–Crippen LogP) is 2.65. The molecule has 1 aromatic heterocycles. The minimum Gasteiger partial charge on any atom is -0.462 e. The number of aromatic nitrogens is 2. The van der Waals surface area contributed by atoms with Crippen LogP contribution in [0.25, 0.3) is 0 Å². The molecule has 1 aliphatic carbocycles. The van der Waals surface area contributed by atoms with Crippen molar-refractivity contribution >= 4 is 23.5 Å². The van der Waals surface area contributed by atoms with Gasteiger partial charge < -0.3 is 10.1 Å². The first-order chi connectivity index (χ1) is 8.99. The zero-order chi connectivity index (χ0) is 14.0. The van der Waals surface area contributed by atoms with Crippen LogP contribution in [0.3, 0.4) is 0 Å². The van der Waals surface area contributed by atoms with Crippen LogP contribution in [0.1, 0.15) is 42.7 Å². The van der Waals surface area contributed by atoms with Crippen molar-refractivity contribution in [3.63, 3.8) is 0 Å². The van der Waals surface area contributed by atoms with Crippen LogP contribution in [-0.2, 0) is 4.74 Å². The second-order valence-corrected chi connectivity index (χ2v) is 5.70. The summed E-state index contributed by atoms with van der Waals surface area (Å²) >= 11 is 1.46. The highest BCUT2D eigenvalue weighted by atomic mass is 32.2. The van der Waals surface area contributed by atoms with Gasteiger partial charge in [0.2, 0.25) is 0 Å². The highest BCUT2D eigenvalue weighted by Gasteiger charge is 2.39. The number of ether oxygens (including phenoxy) is 1. The molecule has 6 heteroatoms. The van der Waals surface area contributed by atoms with Gasteiger partial charge in [-0.3, -0.25) is 0 Å². The number of thioether (sulfide) groups is 1. The Morgan fingerprint density at radius 2 is 2.16 bits per heavy atom. The van der Waals surface area contributed by atoms with E-state index in [1.807, 2.05) is 13.2 Å². The molecule has 1 N–H and O–H groups in total. The van der Waals surface area contributed by atoms with Crippen molar-refractivity contribution in [1.82, 2.24) is 9.97 Å². The Labute approximate surface area is 117 Å². The van der Waals surface area contributed by atoms with Gasteiger partial charge in [-0.2, -0.15) is 0 Å². The van der Waals surface area contributed by atoms with Crippen molar-refractivity contribution in [3.8, 4) is 0 Å². The fraction of sp³-hybridized carbons (Fsp3) is 0.615. The third kappa shape index (κ3) is 3.18. The molecule has 0 amide bonds. The standard InChI is InChI=1S/C13H19N3O2S/c1-5-18-11(17)9-8(2)14-12(19-4)15-10(9)16-13(3)6-7-13/h5-7H2,1-4H3,(H,14,15,16). The summed E-state index contributed by atoms with van der Waals surface area (Å²) in [4.78, 5) is 20.8. The largest absolute Gasteiger partial charge is 0.462 e. The Morgan fingerprint density at radius 3 is 2.68 bits per heavy atom. The van der Waals surface area contributed by atoms with Gasteiger partial charge in [0.15, 0.2) is 5.16 Å². The van der Waals surface area contributed by atoms with E-state index in [2.05, 4.69) is 22.2 Å². The summed E-state index contributed by atoms with van der Waals surface area (Å²) in [6.07, 6.45) is 4.10. The molecule has 1 aliphatic rings. The normalized spacial score (nSPS) is 16.0. The van der Waals surface area contributed by atoms with Gasteiger partial charge in [-0.05, 0) is 39.9 Å².